The van der Waals surface area contributed by atoms with Gasteiger partial charge in [0.2, 0.25) is 11.8 Å². The monoisotopic (exact) mass is 465 g/mol. The Morgan fingerprint density at radius 3 is 2.85 bits per heavy atom. The number of aromatic nitrogens is 3. The van der Waals surface area contributed by atoms with Crippen molar-refractivity contribution in [3.63, 3.8) is 0 Å². The molecule has 0 N–H and O–H groups in total. The minimum atomic E-state index is -4.61. The molecule has 0 unspecified atom stereocenters. The fourth-order valence-corrected chi connectivity index (χ4v) is 4.81. The predicted molar refractivity (Wildman–Crippen MR) is 111 cm³/mol. The van der Waals surface area contributed by atoms with E-state index in [2.05, 4.69) is 9.97 Å². The van der Waals surface area contributed by atoms with Crippen LogP contribution < -0.4 is 20.1 Å². The molecule has 0 aromatic carbocycles. The van der Waals surface area contributed by atoms with E-state index in [0.29, 0.717) is 19.0 Å². The van der Waals surface area contributed by atoms with E-state index in [1.807, 2.05) is 4.90 Å². The van der Waals surface area contributed by atoms with E-state index in [1.54, 1.807) is 0 Å². The molecule has 2 aromatic heterocycles. The molecular formula is C21H22F3N5O4. The molecule has 2 saturated heterocycles. The second-order valence-electron chi connectivity index (χ2n) is 8.36. The summed E-state index contributed by atoms with van der Waals surface area (Å²) in [5, 5.41) is 0. The number of morpholine rings is 1. The average molecular weight is 465 g/mol. The highest BCUT2D eigenvalue weighted by Crippen LogP contribution is 2.36. The molecule has 33 heavy (non-hydrogen) atoms. The van der Waals surface area contributed by atoms with Gasteiger partial charge in [-0.05, 0) is 25.0 Å². The number of ether oxygens (including phenoxy) is 2. The van der Waals surface area contributed by atoms with Gasteiger partial charge in [-0.1, -0.05) is 0 Å². The molecule has 0 spiro atoms. The summed E-state index contributed by atoms with van der Waals surface area (Å²) < 4.78 is 53.8. The first kappa shape index (κ1) is 21.7. The van der Waals surface area contributed by atoms with Gasteiger partial charge in [-0.15, -0.1) is 0 Å². The number of pyridine rings is 1. The minimum absolute atomic E-state index is 0.0224. The molecular weight excluding hydrogens is 443 g/mol. The van der Waals surface area contributed by atoms with Crippen LogP contribution in [0.1, 0.15) is 23.2 Å². The van der Waals surface area contributed by atoms with Crippen molar-refractivity contribution in [2.75, 3.05) is 36.6 Å². The quantitative estimate of drug-likeness (QED) is 0.616. The molecule has 0 saturated carbocycles. The number of alkyl halides is 3. The van der Waals surface area contributed by atoms with Crippen molar-refractivity contribution < 1.29 is 27.4 Å². The number of ketones is 1. The Hall–Kier alpha value is -3.15. The van der Waals surface area contributed by atoms with E-state index in [4.69, 9.17) is 9.47 Å². The van der Waals surface area contributed by atoms with E-state index in [1.165, 1.54) is 36.1 Å². The summed E-state index contributed by atoms with van der Waals surface area (Å²) in [4.78, 5) is 37.1. The predicted octanol–water partition coefficient (Wildman–Crippen LogP) is 1.65. The summed E-state index contributed by atoms with van der Waals surface area (Å²) in [7, 11) is 1.33. The van der Waals surface area contributed by atoms with Gasteiger partial charge in [0.1, 0.15) is 11.9 Å². The van der Waals surface area contributed by atoms with E-state index >= 15 is 0 Å². The first-order valence-electron chi connectivity index (χ1n) is 10.6. The highest BCUT2D eigenvalue weighted by Gasteiger charge is 2.48. The molecule has 2 aromatic rings. The van der Waals surface area contributed by atoms with Crippen molar-refractivity contribution >= 4 is 17.5 Å². The molecule has 3 aliphatic rings. The maximum Gasteiger partial charge on any atom is 0.408 e. The van der Waals surface area contributed by atoms with Gasteiger partial charge in [-0.3, -0.25) is 14.2 Å². The second-order valence-corrected chi connectivity index (χ2v) is 8.36. The van der Waals surface area contributed by atoms with Crippen molar-refractivity contribution in [2.24, 2.45) is 0 Å². The van der Waals surface area contributed by atoms with Crippen molar-refractivity contribution in [3.8, 4) is 5.88 Å². The van der Waals surface area contributed by atoms with Crippen LogP contribution in [0.15, 0.2) is 29.2 Å². The van der Waals surface area contributed by atoms with Crippen molar-refractivity contribution in [1.82, 2.24) is 14.5 Å². The number of carbonyl (C=O) groups excluding carboxylic acids is 1. The number of halogens is 3. The topological polar surface area (TPSA) is 89.8 Å². The summed E-state index contributed by atoms with van der Waals surface area (Å²) in [5.74, 6) is -0.446. The summed E-state index contributed by atoms with van der Waals surface area (Å²) in [6, 6.07) is 2.37. The smallest absolute Gasteiger partial charge is 0.408 e. The Bertz CT molecular complexity index is 1140. The lowest BCUT2D eigenvalue weighted by molar-refractivity contribution is -0.152. The van der Waals surface area contributed by atoms with E-state index in [-0.39, 0.29) is 42.5 Å². The molecule has 9 nitrogen and oxygen atoms in total. The highest BCUT2D eigenvalue weighted by molar-refractivity contribution is 6.01. The first-order valence-corrected chi connectivity index (χ1v) is 10.6. The van der Waals surface area contributed by atoms with Crippen molar-refractivity contribution in [1.29, 1.82) is 0 Å². The summed E-state index contributed by atoms with van der Waals surface area (Å²) in [6.07, 6.45) is -2.75. The van der Waals surface area contributed by atoms with Crippen LogP contribution in [-0.2, 0) is 11.3 Å². The third-order valence-corrected chi connectivity index (χ3v) is 6.39. The van der Waals surface area contributed by atoms with Crippen LogP contribution in [0.4, 0.5) is 24.9 Å². The lowest BCUT2D eigenvalue weighted by Crippen LogP contribution is -2.54. The number of rotatable bonds is 5. The molecule has 0 radical (unpaired) electrons. The number of hydrogen-bond acceptors (Lipinski definition) is 8. The van der Waals surface area contributed by atoms with Crippen molar-refractivity contribution in [3.05, 3.63) is 40.3 Å². The molecule has 5 rings (SSSR count). The van der Waals surface area contributed by atoms with Crippen LogP contribution in [0, 0.1) is 0 Å². The maximum absolute atomic E-state index is 14.0. The fourth-order valence-electron chi connectivity index (χ4n) is 4.81. The Labute approximate surface area is 186 Å². The Morgan fingerprint density at radius 2 is 2.18 bits per heavy atom. The number of Topliss-reactive ketones (excluding diaryl/α,β-unsaturated/α-hetero) is 1. The molecule has 0 aliphatic carbocycles. The number of methoxy groups -OCH3 is 1. The van der Waals surface area contributed by atoms with Crippen molar-refractivity contribution in [2.45, 2.75) is 43.8 Å². The van der Waals surface area contributed by atoms with Gasteiger partial charge in [0.05, 0.1) is 38.0 Å². The minimum Gasteiger partial charge on any atom is -0.480 e. The standard InChI is InChI=1S/C21H22F3N5O4/c1-32-19-14(3-2-5-25-19)15(30)10-29-16(21(22,23)24)4-6-27-18(31)8-17(26-20(27)29)28-9-13-7-12(28)11-33-13/h2-3,5,8,12-13,16H,4,6-7,9-11H2,1H3/t12-,13+,16-/m0/s1. The van der Waals surface area contributed by atoms with Gasteiger partial charge < -0.3 is 19.3 Å². The van der Waals surface area contributed by atoms with Gasteiger partial charge in [-0.25, -0.2) is 4.98 Å². The molecule has 0 amide bonds. The summed E-state index contributed by atoms with van der Waals surface area (Å²) >= 11 is 0. The second kappa shape index (κ2) is 8.01. The van der Waals surface area contributed by atoms with Crippen LogP contribution in [0.25, 0.3) is 0 Å². The maximum atomic E-state index is 14.0. The SMILES string of the molecule is COc1ncccc1C(=O)CN1c2nc(N3C[C@H]4C[C@H]3CO4)cc(=O)n2CC[C@H]1C(F)(F)F. The lowest BCUT2D eigenvalue weighted by atomic mass is 10.1. The van der Waals surface area contributed by atoms with Crippen LogP contribution in [0.5, 0.6) is 5.88 Å². The first-order chi connectivity index (χ1) is 15.8. The summed E-state index contributed by atoms with van der Waals surface area (Å²) in [5.41, 5.74) is -0.388. The molecule has 176 valence electrons. The number of fused-ring (bicyclic) bond motifs is 3. The third-order valence-electron chi connectivity index (χ3n) is 6.39. The van der Waals surface area contributed by atoms with Crippen LogP contribution >= 0.6 is 0 Å². The molecule has 3 aliphatic heterocycles. The number of anilines is 2. The zero-order chi connectivity index (χ0) is 23.3. The number of nitrogens with zero attached hydrogens (tertiary/aromatic N) is 5. The highest BCUT2D eigenvalue weighted by atomic mass is 19.4. The Morgan fingerprint density at radius 1 is 1.36 bits per heavy atom. The average Bonchev–Trinajstić information content (AvgIpc) is 3.42. The van der Waals surface area contributed by atoms with Crippen LogP contribution in [-0.4, -0.2) is 71.5 Å². The lowest BCUT2D eigenvalue weighted by Gasteiger charge is -2.39. The van der Waals surface area contributed by atoms with E-state index in [9.17, 15) is 22.8 Å². The van der Waals surface area contributed by atoms with Crippen LogP contribution in [0.2, 0.25) is 0 Å². The van der Waals surface area contributed by atoms with Gasteiger partial charge in [0, 0.05) is 25.4 Å². The van der Waals surface area contributed by atoms with Gasteiger partial charge >= 0.3 is 6.18 Å². The molecule has 2 fully saturated rings. The van der Waals surface area contributed by atoms with E-state index < -0.39 is 30.1 Å². The largest absolute Gasteiger partial charge is 0.480 e. The van der Waals surface area contributed by atoms with Gasteiger partial charge in [0.25, 0.3) is 5.56 Å². The fraction of sp³-hybridized carbons (Fsp3) is 0.524. The molecule has 3 atom stereocenters. The van der Waals surface area contributed by atoms with Gasteiger partial charge in [0.15, 0.2) is 5.78 Å². The van der Waals surface area contributed by atoms with Crippen LogP contribution in [0.3, 0.4) is 0 Å². The number of carbonyl (C=O) groups is 1. The Kier molecular flexibility index (Phi) is 5.26. The van der Waals surface area contributed by atoms with E-state index in [0.717, 1.165) is 11.3 Å². The number of hydrogen-bond donors (Lipinski definition) is 0. The zero-order valence-corrected chi connectivity index (χ0v) is 17.8. The molecule has 12 heteroatoms. The summed E-state index contributed by atoms with van der Waals surface area (Å²) in [6.45, 7) is 0.243. The third kappa shape index (κ3) is 3.81. The molecule has 5 heterocycles. The molecule has 2 bridgehead atoms. The normalized spacial score (nSPS) is 24.2. The Balaban J connectivity index is 1.55. The van der Waals surface area contributed by atoms with Gasteiger partial charge in [-0.2, -0.15) is 18.2 Å². The zero-order valence-electron chi connectivity index (χ0n) is 17.8.